The fraction of sp³-hybridized carbons (Fsp3) is 0.533. The van der Waals surface area contributed by atoms with E-state index in [2.05, 4.69) is 11.6 Å². The summed E-state index contributed by atoms with van der Waals surface area (Å²) in [5.41, 5.74) is 0. The maximum atomic E-state index is 12.8. The zero-order valence-corrected chi connectivity index (χ0v) is 13.1. The molecule has 1 aromatic heterocycles. The third-order valence-corrected chi connectivity index (χ3v) is 6.06. The lowest BCUT2D eigenvalue weighted by Crippen LogP contribution is -2.53. The molecule has 1 saturated heterocycles. The molecule has 1 saturated carbocycles. The van der Waals surface area contributed by atoms with Gasteiger partial charge in [-0.2, -0.15) is 4.31 Å². The summed E-state index contributed by atoms with van der Waals surface area (Å²) in [6.07, 6.45) is 5.90. The highest BCUT2D eigenvalue weighted by molar-refractivity contribution is 7.89. The summed E-state index contributed by atoms with van der Waals surface area (Å²) in [6.45, 7) is 4.84. The van der Waals surface area contributed by atoms with E-state index in [9.17, 15) is 8.42 Å². The Bertz CT molecular complexity index is 620. The molecule has 7 heteroatoms. The third-order valence-electron chi connectivity index (χ3n) is 4.15. The lowest BCUT2D eigenvalue weighted by molar-refractivity contribution is -0.0911. The molecule has 1 aliphatic carbocycles. The van der Waals surface area contributed by atoms with Gasteiger partial charge >= 0.3 is 0 Å². The zero-order valence-electron chi connectivity index (χ0n) is 12.3. The monoisotopic (exact) mass is 324 g/mol. The van der Waals surface area contributed by atoms with Crippen LogP contribution in [0.5, 0.6) is 0 Å². The van der Waals surface area contributed by atoms with E-state index in [1.54, 1.807) is 28.7 Å². The maximum Gasteiger partial charge on any atom is 0.245 e. The maximum absolute atomic E-state index is 12.8. The molecular weight excluding hydrogens is 304 g/mol. The van der Waals surface area contributed by atoms with Crippen LogP contribution >= 0.6 is 0 Å². The molecule has 2 fully saturated rings. The molecule has 120 valence electrons. The van der Waals surface area contributed by atoms with Gasteiger partial charge in [-0.25, -0.2) is 8.42 Å². The summed E-state index contributed by atoms with van der Waals surface area (Å²) < 4.78 is 38.7. The van der Waals surface area contributed by atoms with Crippen molar-refractivity contribution in [3.63, 3.8) is 0 Å². The van der Waals surface area contributed by atoms with Crippen molar-refractivity contribution in [2.75, 3.05) is 19.8 Å². The smallest absolute Gasteiger partial charge is 0.245 e. The van der Waals surface area contributed by atoms with Crippen LogP contribution in [0, 0.1) is 0 Å². The van der Waals surface area contributed by atoms with Gasteiger partial charge in [-0.1, -0.05) is 6.08 Å². The normalized spacial score (nSPS) is 29.2. The molecule has 0 unspecified atom stereocenters. The summed E-state index contributed by atoms with van der Waals surface area (Å²) in [7, 11) is -3.55. The number of aromatic nitrogens is 1. The predicted octanol–water partition coefficient (Wildman–Crippen LogP) is 1.20. The number of hydrogen-bond acceptors (Lipinski definition) is 5. The number of ether oxygens (including phenoxy) is 2. The molecule has 3 atom stereocenters. The van der Waals surface area contributed by atoms with Gasteiger partial charge in [-0.15, -0.1) is 6.58 Å². The lowest BCUT2D eigenvalue weighted by Gasteiger charge is -2.37. The van der Waals surface area contributed by atoms with Crippen LogP contribution in [0.4, 0.5) is 0 Å². The highest BCUT2D eigenvalue weighted by Gasteiger charge is 2.47. The molecule has 2 aliphatic rings. The zero-order chi connectivity index (χ0) is 15.6. The van der Waals surface area contributed by atoms with E-state index in [0.29, 0.717) is 19.8 Å². The van der Waals surface area contributed by atoms with Crippen molar-refractivity contribution in [2.45, 2.75) is 36.0 Å². The van der Waals surface area contributed by atoms with E-state index in [1.807, 2.05) is 0 Å². The topological polar surface area (TPSA) is 68.7 Å². The molecule has 0 spiro atoms. The van der Waals surface area contributed by atoms with Gasteiger partial charge in [0.1, 0.15) is 11.0 Å². The molecule has 0 aromatic carbocycles. The van der Waals surface area contributed by atoms with Gasteiger partial charge in [0.25, 0.3) is 0 Å². The summed E-state index contributed by atoms with van der Waals surface area (Å²) in [4.78, 5) is 4.14. The van der Waals surface area contributed by atoms with Crippen molar-refractivity contribution in [1.82, 2.24) is 9.29 Å². The van der Waals surface area contributed by atoms with Crippen LogP contribution in [0.25, 0.3) is 0 Å². The fourth-order valence-electron chi connectivity index (χ4n) is 3.19. The van der Waals surface area contributed by atoms with Crippen molar-refractivity contribution < 1.29 is 17.9 Å². The Morgan fingerprint density at radius 3 is 3.09 bits per heavy atom. The third kappa shape index (κ3) is 2.81. The average molecular weight is 324 g/mol. The molecule has 2 heterocycles. The molecular formula is C15H20N2O4S. The van der Waals surface area contributed by atoms with Crippen molar-refractivity contribution in [1.29, 1.82) is 0 Å². The molecule has 0 N–H and O–H groups in total. The highest BCUT2D eigenvalue weighted by Crippen LogP contribution is 2.35. The molecule has 6 nitrogen and oxygen atoms in total. The number of rotatable bonds is 5. The SMILES string of the molecule is C=CCO[C@@H]1CC[C@@H]2[C@@H]1OCCN2S(=O)(=O)c1cccnc1. The lowest BCUT2D eigenvalue weighted by atomic mass is 10.1. The Morgan fingerprint density at radius 2 is 2.36 bits per heavy atom. The summed E-state index contributed by atoms with van der Waals surface area (Å²) in [5.74, 6) is 0. The van der Waals surface area contributed by atoms with Crippen molar-refractivity contribution in [3.05, 3.63) is 37.2 Å². The van der Waals surface area contributed by atoms with E-state index in [0.717, 1.165) is 12.8 Å². The molecule has 0 bridgehead atoms. The van der Waals surface area contributed by atoms with E-state index in [4.69, 9.17) is 9.47 Å². The van der Waals surface area contributed by atoms with Gasteiger partial charge in [0.2, 0.25) is 10.0 Å². The molecule has 0 amide bonds. The Hall–Kier alpha value is -1.28. The molecule has 1 aliphatic heterocycles. The largest absolute Gasteiger partial charge is 0.372 e. The van der Waals surface area contributed by atoms with Crippen molar-refractivity contribution in [2.24, 2.45) is 0 Å². The first kappa shape index (κ1) is 15.6. The van der Waals surface area contributed by atoms with Gasteiger partial charge in [0.05, 0.1) is 25.4 Å². The van der Waals surface area contributed by atoms with E-state index < -0.39 is 10.0 Å². The summed E-state index contributed by atoms with van der Waals surface area (Å²) >= 11 is 0. The van der Waals surface area contributed by atoms with Crippen LogP contribution in [0.3, 0.4) is 0 Å². The predicted molar refractivity (Wildman–Crippen MR) is 80.8 cm³/mol. The number of hydrogen-bond donors (Lipinski definition) is 0. The van der Waals surface area contributed by atoms with Crippen LogP contribution < -0.4 is 0 Å². The van der Waals surface area contributed by atoms with Crippen LogP contribution in [0.2, 0.25) is 0 Å². The molecule has 1 aromatic rings. The van der Waals surface area contributed by atoms with Gasteiger partial charge in [-0.3, -0.25) is 4.98 Å². The van der Waals surface area contributed by atoms with Gasteiger partial charge < -0.3 is 9.47 Å². The Morgan fingerprint density at radius 1 is 1.50 bits per heavy atom. The summed E-state index contributed by atoms with van der Waals surface area (Å²) in [5, 5.41) is 0. The fourth-order valence-corrected chi connectivity index (χ4v) is 4.80. The van der Waals surface area contributed by atoms with Crippen molar-refractivity contribution >= 4 is 10.0 Å². The quantitative estimate of drug-likeness (QED) is 0.762. The number of nitrogens with zero attached hydrogens (tertiary/aromatic N) is 2. The molecule has 0 radical (unpaired) electrons. The number of pyridine rings is 1. The van der Waals surface area contributed by atoms with Gasteiger partial charge in [0, 0.05) is 18.9 Å². The second-order valence-corrected chi connectivity index (χ2v) is 7.34. The second-order valence-electron chi connectivity index (χ2n) is 5.45. The van der Waals surface area contributed by atoms with E-state index >= 15 is 0 Å². The van der Waals surface area contributed by atoms with Crippen molar-refractivity contribution in [3.8, 4) is 0 Å². The Kier molecular flexibility index (Phi) is 4.58. The second kappa shape index (κ2) is 6.45. The van der Waals surface area contributed by atoms with E-state index in [-0.39, 0.29) is 23.1 Å². The first-order valence-corrected chi connectivity index (χ1v) is 8.84. The van der Waals surface area contributed by atoms with E-state index in [1.165, 1.54) is 6.20 Å². The Balaban J connectivity index is 1.82. The summed E-state index contributed by atoms with van der Waals surface area (Å²) in [6, 6.07) is 3.04. The minimum absolute atomic E-state index is 0.0742. The van der Waals surface area contributed by atoms with Crippen LogP contribution in [-0.4, -0.2) is 55.7 Å². The van der Waals surface area contributed by atoms with Crippen LogP contribution in [-0.2, 0) is 19.5 Å². The first-order chi connectivity index (χ1) is 10.6. The molecule has 3 rings (SSSR count). The van der Waals surface area contributed by atoms with Gasteiger partial charge in [-0.05, 0) is 25.0 Å². The minimum Gasteiger partial charge on any atom is -0.372 e. The Labute approximate surface area is 130 Å². The van der Waals surface area contributed by atoms with Crippen LogP contribution in [0.1, 0.15) is 12.8 Å². The average Bonchev–Trinajstić information content (AvgIpc) is 2.96. The molecule has 22 heavy (non-hydrogen) atoms. The standard InChI is InChI=1S/C15H20N2O4S/c1-2-9-20-14-6-5-13-15(14)21-10-8-17(13)22(18,19)12-4-3-7-16-11-12/h2-4,7,11,13-15H,1,5-6,8-10H2/t13-,14-,15+/m1/s1. The number of fused-ring (bicyclic) bond motifs is 1. The van der Waals surface area contributed by atoms with Gasteiger partial charge in [0.15, 0.2) is 0 Å². The number of morpholine rings is 1. The highest BCUT2D eigenvalue weighted by atomic mass is 32.2. The van der Waals surface area contributed by atoms with Crippen LogP contribution in [0.15, 0.2) is 42.1 Å². The number of sulfonamides is 1. The first-order valence-electron chi connectivity index (χ1n) is 7.40. The minimum atomic E-state index is -3.55.